The maximum Gasteiger partial charge on any atom is 0.338 e. The van der Waals surface area contributed by atoms with Crippen LogP contribution in [0.5, 0.6) is 17.2 Å². The zero-order valence-electron chi connectivity index (χ0n) is 22.2. The fraction of sp³-hybridized carbons (Fsp3) is 0.156. The highest BCUT2D eigenvalue weighted by Crippen LogP contribution is 2.34. The van der Waals surface area contributed by atoms with Gasteiger partial charge in [-0.15, -0.1) is 0 Å². The molecule has 0 atom stereocenters. The van der Waals surface area contributed by atoms with Crippen molar-refractivity contribution in [1.82, 2.24) is 0 Å². The standard InChI is InChI=1S/C32H29FO6/c1-19(2)30(34)37-25-13-9-22(10-14-25)7-8-23-11-15-26(29(17-23)39-32(36)21(5)6)24-12-16-28(27(33)18-24)38-31(35)20(3)4/h7-19H,3,5H2,1-2,4,6H3/b8-7+. The summed E-state index contributed by atoms with van der Waals surface area (Å²) in [5.74, 6) is -2.24. The summed E-state index contributed by atoms with van der Waals surface area (Å²) in [6, 6.07) is 16.2. The molecule has 0 aromatic heterocycles. The molecule has 0 aliphatic rings. The molecule has 0 heterocycles. The topological polar surface area (TPSA) is 78.9 Å². The van der Waals surface area contributed by atoms with E-state index < -0.39 is 17.8 Å². The van der Waals surface area contributed by atoms with Gasteiger partial charge >= 0.3 is 17.9 Å². The smallest absolute Gasteiger partial charge is 0.338 e. The number of ether oxygens (including phenoxy) is 3. The third-order valence-corrected chi connectivity index (χ3v) is 5.39. The van der Waals surface area contributed by atoms with Crippen LogP contribution in [-0.4, -0.2) is 17.9 Å². The van der Waals surface area contributed by atoms with E-state index in [-0.39, 0.29) is 34.5 Å². The average molecular weight is 529 g/mol. The molecule has 0 aliphatic heterocycles. The number of hydrogen-bond donors (Lipinski definition) is 0. The summed E-state index contributed by atoms with van der Waals surface area (Å²) in [6.07, 6.45) is 3.66. The Morgan fingerprint density at radius 1 is 0.744 bits per heavy atom. The second-order valence-corrected chi connectivity index (χ2v) is 9.22. The number of halogens is 1. The van der Waals surface area contributed by atoms with E-state index in [9.17, 15) is 18.8 Å². The molecule has 6 nitrogen and oxygen atoms in total. The van der Waals surface area contributed by atoms with Crippen molar-refractivity contribution in [2.75, 3.05) is 0 Å². The Morgan fingerprint density at radius 3 is 1.87 bits per heavy atom. The maximum absolute atomic E-state index is 14.7. The van der Waals surface area contributed by atoms with Crippen LogP contribution >= 0.6 is 0 Å². The molecule has 39 heavy (non-hydrogen) atoms. The summed E-state index contributed by atoms with van der Waals surface area (Å²) in [5.41, 5.74) is 2.77. The minimum Gasteiger partial charge on any atom is -0.426 e. The summed E-state index contributed by atoms with van der Waals surface area (Å²) in [5, 5.41) is 0. The fourth-order valence-corrected chi connectivity index (χ4v) is 3.16. The van der Waals surface area contributed by atoms with Crippen LogP contribution in [0.3, 0.4) is 0 Å². The van der Waals surface area contributed by atoms with Crippen LogP contribution in [0.15, 0.2) is 85.0 Å². The summed E-state index contributed by atoms with van der Waals surface area (Å²) in [4.78, 5) is 35.9. The molecule has 0 saturated carbocycles. The van der Waals surface area contributed by atoms with E-state index in [4.69, 9.17) is 14.2 Å². The van der Waals surface area contributed by atoms with Gasteiger partial charge in [-0.3, -0.25) is 4.79 Å². The lowest BCUT2D eigenvalue weighted by molar-refractivity contribution is -0.137. The van der Waals surface area contributed by atoms with Gasteiger partial charge in [0.15, 0.2) is 11.6 Å². The second kappa shape index (κ2) is 12.6. The van der Waals surface area contributed by atoms with E-state index in [1.54, 1.807) is 62.4 Å². The van der Waals surface area contributed by atoms with Gasteiger partial charge in [-0.25, -0.2) is 14.0 Å². The molecule has 0 bridgehead atoms. The third kappa shape index (κ3) is 7.85. The first-order valence-corrected chi connectivity index (χ1v) is 12.1. The van der Waals surface area contributed by atoms with Gasteiger partial charge in [0.25, 0.3) is 0 Å². The molecule has 200 valence electrons. The predicted molar refractivity (Wildman–Crippen MR) is 149 cm³/mol. The highest BCUT2D eigenvalue weighted by Gasteiger charge is 2.16. The third-order valence-electron chi connectivity index (χ3n) is 5.39. The monoisotopic (exact) mass is 528 g/mol. The lowest BCUT2D eigenvalue weighted by Crippen LogP contribution is -2.14. The molecule has 3 rings (SSSR count). The van der Waals surface area contributed by atoms with Gasteiger partial charge in [0.1, 0.15) is 11.5 Å². The molecule has 7 heteroatoms. The van der Waals surface area contributed by atoms with Crippen molar-refractivity contribution in [1.29, 1.82) is 0 Å². The number of hydrogen-bond acceptors (Lipinski definition) is 6. The van der Waals surface area contributed by atoms with Crippen molar-refractivity contribution in [3.8, 4) is 28.4 Å². The molecule has 3 aromatic carbocycles. The van der Waals surface area contributed by atoms with Crippen molar-refractivity contribution in [2.24, 2.45) is 5.92 Å². The quantitative estimate of drug-likeness (QED) is 0.127. The largest absolute Gasteiger partial charge is 0.426 e. The predicted octanol–water partition coefficient (Wildman–Crippen LogP) is 7.19. The van der Waals surface area contributed by atoms with Crippen LogP contribution in [0.1, 0.15) is 38.8 Å². The Hall–Kier alpha value is -4.78. The summed E-state index contributed by atoms with van der Waals surface area (Å²) in [7, 11) is 0. The molecule has 0 saturated heterocycles. The number of esters is 3. The first kappa shape index (κ1) is 28.8. The molecule has 0 amide bonds. The first-order chi connectivity index (χ1) is 18.4. The Balaban J connectivity index is 1.89. The van der Waals surface area contributed by atoms with Crippen molar-refractivity contribution in [3.05, 3.63) is 102 Å². The van der Waals surface area contributed by atoms with Crippen molar-refractivity contribution in [3.63, 3.8) is 0 Å². The minimum absolute atomic E-state index is 0.140. The van der Waals surface area contributed by atoms with Crippen molar-refractivity contribution in [2.45, 2.75) is 27.7 Å². The van der Waals surface area contributed by atoms with E-state index in [2.05, 4.69) is 13.2 Å². The van der Waals surface area contributed by atoms with E-state index in [1.165, 1.54) is 26.0 Å². The van der Waals surface area contributed by atoms with Gasteiger partial charge in [0.05, 0.1) is 5.92 Å². The molecule has 0 fully saturated rings. The molecule has 3 aromatic rings. The summed E-state index contributed by atoms with van der Waals surface area (Å²) < 4.78 is 30.6. The molecule has 0 N–H and O–H groups in total. The molecular formula is C32H29FO6. The fourth-order valence-electron chi connectivity index (χ4n) is 3.16. The molecule has 0 unspecified atom stereocenters. The Bertz CT molecular complexity index is 1460. The summed E-state index contributed by atoms with van der Waals surface area (Å²) >= 11 is 0. The van der Waals surface area contributed by atoms with E-state index in [0.717, 1.165) is 5.56 Å². The van der Waals surface area contributed by atoms with Gasteiger partial charge in [0, 0.05) is 16.7 Å². The van der Waals surface area contributed by atoms with Crippen LogP contribution in [-0.2, 0) is 14.4 Å². The van der Waals surface area contributed by atoms with Crippen LogP contribution in [0.2, 0.25) is 0 Å². The van der Waals surface area contributed by atoms with E-state index in [0.29, 0.717) is 22.4 Å². The van der Waals surface area contributed by atoms with Crippen LogP contribution < -0.4 is 14.2 Å². The lowest BCUT2D eigenvalue weighted by atomic mass is 10.0. The van der Waals surface area contributed by atoms with Crippen molar-refractivity contribution >= 4 is 30.1 Å². The number of rotatable bonds is 9. The molecule has 0 spiro atoms. The molecule has 0 radical (unpaired) electrons. The normalized spacial score (nSPS) is 10.8. The zero-order chi connectivity index (χ0) is 28.7. The van der Waals surface area contributed by atoms with Crippen molar-refractivity contribution < 1.29 is 33.0 Å². The number of carbonyl (C=O) groups is 3. The summed E-state index contributed by atoms with van der Waals surface area (Å²) in [6.45, 7) is 13.6. The van der Waals surface area contributed by atoms with Gasteiger partial charge < -0.3 is 14.2 Å². The van der Waals surface area contributed by atoms with Gasteiger partial charge in [-0.05, 0) is 60.9 Å². The Labute approximate surface area is 227 Å². The zero-order valence-corrected chi connectivity index (χ0v) is 22.2. The second-order valence-electron chi connectivity index (χ2n) is 9.22. The van der Waals surface area contributed by atoms with Crippen LogP contribution in [0.25, 0.3) is 23.3 Å². The lowest BCUT2D eigenvalue weighted by Gasteiger charge is -2.13. The maximum atomic E-state index is 14.7. The Kier molecular flexibility index (Phi) is 9.33. The minimum atomic E-state index is -0.759. The van der Waals surface area contributed by atoms with Gasteiger partial charge in [-0.2, -0.15) is 0 Å². The SMILES string of the molecule is C=C(C)C(=O)Oc1ccc(-c2ccc(/C=C/c3ccc(OC(=O)C(C)C)cc3)cc2OC(=O)C(=C)C)cc1F. The highest BCUT2D eigenvalue weighted by atomic mass is 19.1. The van der Waals surface area contributed by atoms with Gasteiger partial charge in [-0.1, -0.05) is 69.5 Å². The number of carbonyl (C=O) groups excluding carboxylic acids is 3. The van der Waals surface area contributed by atoms with Crippen LogP contribution in [0.4, 0.5) is 4.39 Å². The van der Waals surface area contributed by atoms with E-state index in [1.807, 2.05) is 12.2 Å². The van der Waals surface area contributed by atoms with E-state index >= 15 is 0 Å². The van der Waals surface area contributed by atoms with Crippen LogP contribution in [0, 0.1) is 11.7 Å². The highest BCUT2D eigenvalue weighted by molar-refractivity contribution is 5.91. The Morgan fingerprint density at radius 2 is 1.31 bits per heavy atom. The first-order valence-electron chi connectivity index (χ1n) is 12.1. The molecule has 0 aliphatic carbocycles. The molecular weight excluding hydrogens is 499 g/mol. The van der Waals surface area contributed by atoms with Gasteiger partial charge in [0.2, 0.25) is 0 Å². The average Bonchev–Trinajstić information content (AvgIpc) is 2.89. The number of benzene rings is 3.